The maximum atomic E-state index is 12.6. The van der Waals surface area contributed by atoms with Crippen molar-refractivity contribution in [2.75, 3.05) is 10.6 Å². The van der Waals surface area contributed by atoms with Gasteiger partial charge in [-0.1, -0.05) is 62.4 Å². The average Bonchev–Trinajstić information content (AvgIpc) is 2.61. The Hall–Kier alpha value is -2.81. The Morgan fingerprint density at radius 1 is 0.840 bits per heavy atom. The van der Waals surface area contributed by atoms with Crippen LogP contribution in [0.2, 0.25) is 0 Å². The number of nitrogens with one attached hydrogen (secondary N) is 2. The number of carbonyl (C=O) groups excluding carboxylic acids is 1. The fraction of sp³-hybridized carbons (Fsp3) is 0.227. The Morgan fingerprint density at radius 2 is 1.52 bits per heavy atom. The summed E-state index contributed by atoms with van der Waals surface area (Å²) >= 11 is 0. The third-order valence-corrected chi connectivity index (χ3v) is 4.37. The minimum absolute atomic E-state index is 0.0405. The van der Waals surface area contributed by atoms with Gasteiger partial charge in [-0.2, -0.15) is 0 Å². The summed E-state index contributed by atoms with van der Waals surface area (Å²) in [6, 6.07) is 22.0. The zero-order valence-corrected chi connectivity index (χ0v) is 14.9. The van der Waals surface area contributed by atoms with Crippen molar-refractivity contribution in [3.05, 3.63) is 72.3 Å². The molecule has 0 unspecified atom stereocenters. The van der Waals surface area contributed by atoms with Crippen LogP contribution in [-0.4, -0.2) is 11.9 Å². The van der Waals surface area contributed by atoms with Crippen LogP contribution in [0.15, 0.2) is 66.7 Å². The molecule has 0 aliphatic carbocycles. The Bertz CT molecular complexity index is 886. The average molecular weight is 332 g/mol. The van der Waals surface area contributed by atoms with E-state index >= 15 is 0 Å². The van der Waals surface area contributed by atoms with E-state index in [1.807, 2.05) is 43.3 Å². The van der Waals surface area contributed by atoms with Crippen LogP contribution in [0, 0.1) is 0 Å². The zero-order valence-electron chi connectivity index (χ0n) is 14.9. The van der Waals surface area contributed by atoms with Gasteiger partial charge < -0.3 is 10.6 Å². The van der Waals surface area contributed by atoms with Gasteiger partial charge in [0.2, 0.25) is 5.91 Å². The van der Waals surface area contributed by atoms with Crippen molar-refractivity contribution in [1.29, 1.82) is 0 Å². The van der Waals surface area contributed by atoms with Gasteiger partial charge in [-0.3, -0.25) is 4.79 Å². The van der Waals surface area contributed by atoms with Crippen molar-refractivity contribution in [2.45, 2.75) is 32.7 Å². The normalized spacial score (nSPS) is 12.2. The molecule has 0 aromatic heterocycles. The molecule has 0 aliphatic heterocycles. The molecule has 25 heavy (non-hydrogen) atoms. The lowest BCUT2D eigenvalue weighted by atomic mass is 10.0. The van der Waals surface area contributed by atoms with Crippen LogP contribution in [0.3, 0.4) is 0 Å². The Morgan fingerprint density at radius 3 is 2.28 bits per heavy atom. The molecule has 3 nitrogen and oxygen atoms in total. The van der Waals surface area contributed by atoms with Crippen molar-refractivity contribution in [3.8, 4) is 0 Å². The highest BCUT2D eigenvalue weighted by Crippen LogP contribution is 2.24. The van der Waals surface area contributed by atoms with Crippen LogP contribution in [-0.2, 0) is 4.79 Å². The first-order valence-corrected chi connectivity index (χ1v) is 8.69. The molecule has 0 radical (unpaired) electrons. The number of fused-ring (bicyclic) bond motifs is 1. The summed E-state index contributed by atoms with van der Waals surface area (Å²) in [5.41, 5.74) is 2.97. The first kappa shape index (κ1) is 17.0. The summed E-state index contributed by atoms with van der Waals surface area (Å²) in [5, 5.41) is 8.69. The van der Waals surface area contributed by atoms with E-state index in [1.165, 1.54) is 5.39 Å². The van der Waals surface area contributed by atoms with Crippen molar-refractivity contribution < 1.29 is 4.79 Å². The van der Waals surface area contributed by atoms with E-state index in [1.54, 1.807) is 0 Å². The number of para-hydroxylation sites is 1. The minimum atomic E-state index is -0.332. The van der Waals surface area contributed by atoms with E-state index in [0.29, 0.717) is 5.92 Å². The number of rotatable bonds is 5. The lowest BCUT2D eigenvalue weighted by molar-refractivity contribution is -0.116. The van der Waals surface area contributed by atoms with E-state index in [0.717, 1.165) is 22.3 Å². The number of carbonyl (C=O) groups is 1. The largest absolute Gasteiger partial charge is 0.374 e. The molecule has 128 valence electrons. The second kappa shape index (κ2) is 7.39. The second-order valence-corrected chi connectivity index (χ2v) is 6.66. The van der Waals surface area contributed by atoms with E-state index in [4.69, 9.17) is 0 Å². The molecule has 3 aromatic rings. The fourth-order valence-electron chi connectivity index (χ4n) is 2.95. The van der Waals surface area contributed by atoms with E-state index in [2.05, 4.69) is 54.8 Å². The molecule has 0 saturated heterocycles. The van der Waals surface area contributed by atoms with Crippen LogP contribution < -0.4 is 10.6 Å². The molecule has 0 heterocycles. The highest BCUT2D eigenvalue weighted by atomic mass is 16.2. The Labute approximate surface area is 149 Å². The highest BCUT2D eigenvalue weighted by Gasteiger charge is 2.15. The maximum absolute atomic E-state index is 12.6. The maximum Gasteiger partial charge on any atom is 0.246 e. The van der Waals surface area contributed by atoms with Crippen molar-refractivity contribution >= 4 is 28.1 Å². The molecule has 0 bridgehead atoms. The topological polar surface area (TPSA) is 41.1 Å². The quantitative estimate of drug-likeness (QED) is 0.656. The van der Waals surface area contributed by atoms with Gasteiger partial charge in [0, 0.05) is 11.4 Å². The summed E-state index contributed by atoms with van der Waals surface area (Å²) in [6.07, 6.45) is 0. The third kappa shape index (κ3) is 4.00. The molecule has 3 rings (SSSR count). The first-order chi connectivity index (χ1) is 12.0. The van der Waals surface area contributed by atoms with E-state index in [-0.39, 0.29) is 11.9 Å². The number of amides is 1. The van der Waals surface area contributed by atoms with Gasteiger partial charge in [-0.05, 0) is 47.4 Å². The predicted molar refractivity (Wildman–Crippen MR) is 106 cm³/mol. The van der Waals surface area contributed by atoms with Gasteiger partial charge >= 0.3 is 0 Å². The van der Waals surface area contributed by atoms with E-state index in [9.17, 15) is 4.79 Å². The third-order valence-electron chi connectivity index (χ3n) is 4.37. The van der Waals surface area contributed by atoms with Crippen LogP contribution in [0.4, 0.5) is 11.4 Å². The molecular weight excluding hydrogens is 308 g/mol. The summed E-state index contributed by atoms with van der Waals surface area (Å²) in [6.45, 7) is 6.13. The van der Waals surface area contributed by atoms with Crippen LogP contribution in [0.1, 0.15) is 32.3 Å². The van der Waals surface area contributed by atoms with Crippen molar-refractivity contribution in [1.82, 2.24) is 0 Å². The standard InChI is InChI=1S/C22H24N2O/c1-15(2)20-10-6-7-11-21(20)24-22(25)16(3)23-19-13-12-17-8-4-5-9-18(17)14-19/h4-16,23H,1-3H3,(H,24,25)/t16-/m1/s1. The number of benzene rings is 3. The van der Waals surface area contributed by atoms with Gasteiger partial charge in [0.05, 0.1) is 0 Å². The van der Waals surface area contributed by atoms with Gasteiger partial charge in [0.25, 0.3) is 0 Å². The second-order valence-electron chi connectivity index (χ2n) is 6.66. The van der Waals surface area contributed by atoms with Gasteiger partial charge in [-0.15, -0.1) is 0 Å². The molecule has 0 saturated carbocycles. The summed E-state index contributed by atoms with van der Waals surface area (Å²) < 4.78 is 0. The molecule has 2 N–H and O–H groups in total. The smallest absolute Gasteiger partial charge is 0.246 e. The molecule has 0 aliphatic rings. The number of anilines is 2. The first-order valence-electron chi connectivity index (χ1n) is 8.69. The van der Waals surface area contributed by atoms with Crippen molar-refractivity contribution in [2.24, 2.45) is 0 Å². The lowest BCUT2D eigenvalue weighted by Crippen LogP contribution is -2.32. The predicted octanol–water partition coefficient (Wildman–Crippen LogP) is 5.40. The SMILES string of the molecule is CC(C)c1ccccc1NC(=O)[C@@H](C)Nc1ccc2ccccc2c1. The Balaban J connectivity index is 1.72. The zero-order chi connectivity index (χ0) is 17.8. The highest BCUT2D eigenvalue weighted by molar-refractivity contribution is 5.97. The molecule has 1 amide bonds. The lowest BCUT2D eigenvalue weighted by Gasteiger charge is -2.18. The molecule has 0 spiro atoms. The van der Waals surface area contributed by atoms with Crippen molar-refractivity contribution in [3.63, 3.8) is 0 Å². The number of hydrogen-bond donors (Lipinski definition) is 2. The van der Waals surface area contributed by atoms with Gasteiger partial charge in [0.15, 0.2) is 0 Å². The molecule has 3 aromatic carbocycles. The number of hydrogen-bond acceptors (Lipinski definition) is 2. The monoisotopic (exact) mass is 332 g/mol. The summed E-state index contributed by atoms with van der Waals surface area (Å²) in [5.74, 6) is 0.321. The fourth-order valence-corrected chi connectivity index (χ4v) is 2.95. The molecule has 3 heteroatoms. The summed E-state index contributed by atoms with van der Waals surface area (Å²) in [7, 11) is 0. The van der Waals surface area contributed by atoms with E-state index < -0.39 is 0 Å². The Kier molecular flexibility index (Phi) is 5.03. The van der Waals surface area contributed by atoms with Gasteiger partial charge in [0.1, 0.15) is 6.04 Å². The van der Waals surface area contributed by atoms with Crippen LogP contribution in [0.5, 0.6) is 0 Å². The van der Waals surface area contributed by atoms with Crippen LogP contribution in [0.25, 0.3) is 10.8 Å². The molecule has 1 atom stereocenters. The molecular formula is C22H24N2O. The van der Waals surface area contributed by atoms with Gasteiger partial charge in [-0.25, -0.2) is 0 Å². The van der Waals surface area contributed by atoms with Crippen LogP contribution >= 0.6 is 0 Å². The summed E-state index contributed by atoms with van der Waals surface area (Å²) in [4.78, 5) is 12.6. The molecule has 0 fully saturated rings. The minimum Gasteiger partial charge on any atom is -0.374 e.